The number of aliphatic hydroxyl groups is 3. The molecule has 4 atom stereocenters. The first-order valence-electron chi connectivity index (χ1n) is 9.14. The second-order valence-electron chi connectivity index (χ2n) is 7.20. The molecule has 3 rings (SSSR count). The quantitative estimate of drug-likeness (QED) is 0.603. The van der Waals surface area contributed by atoms with Crippen molar-refractivity contribution in [1.82, 2.24) is 0 Å². The number of benzene rings is 2. The molecule has 158 valence electrons. The molecule has 1 aliphatic rings. The maximum atomic E-state index is 14.0. The average Bonchev–Trinajstić information content (AvgIpc) is 2.69. The van der Waals surface area contributed by atoms with E-state index in [0.717, 1.165) is 16.7 Å². The predicted molar refractivity (Wildman–Crippen MR) is 100 cm³/mol. The summed E-state index contributed by atoms with van der Waals surface area (Å²) in [7, 11) is 1.57. The van der Waals surface area contributed by atoms with Crippen LogP contribution in [0.5, 0.6) is 11.5 Å². The third-order valence-electron chi connectivity index (χ3n) is 5.28. The molecule has 0 bridgehead atoms. The van der Waals surface area contributed by atoms with Gasteiger partial charge in [0.25, 0.3) is 0 Å². The predicted octanol–water partition coefficient (Wildman–Crippen LogP) is 2.09. The molecule has 1 heterocycles. The zero-order chi connectivity index (χ0) is 21.3. The zero-order valence-corrected chi connectivity index (χ0v) is 16.0. The lowest BCUT2D eigenvalue weighted by Gasteiger charge is -2.42. The highest BCUT2D eigenvalue weighted by atomic mass is 19.3. The number of phenolic OH excluding ortho intramolecular Hbond substituents is 1. The van der Waals surface area contributed by atoms with Crippen molar-refractivity contribution in [2.45, 2.75) is 43.7 Å². The lowest BCUT2D eigenvalue weighted by atomic mass is 9.88. The maximum Gasteiger partial charge on any atom is 0.303 e. The van der Waals surface area contributed by atoms with Gasteiger partial charge in [-0.3, -0.25) is 0 Å². The van der Waals surface area contributed by atoms with Crippen LogP contribution in [-0.4, -0.2) is 58.4 Å². The Balaban J connectivity index is 1.94. The van der Waals surface area contributed by atoms with Crippen LogP contribution in [0, 0.1) is 6.92 Å². The van der Waals surface area contributed by atoms with Gasteiger partial charge in [0.1, 0.15) is 35.9 Å². The molecule has 4 N–H and O–H groups in total. The van der Waals surface area contributed by atoms with Gasteiger partial charge in [-0.2, -0.15) is 0 Å². The van der Waals surface area contributed by atoms with Gasteiger partial charge in [-0.05, 0) is 54.3 Å². The SMILES string of the molecule is COc1ccc(Cc2cc([C@@H]3O[C@H](CO)C(F)(F)[C@H](O)[C@H]3O)c(O)cc2C)cc1. The molecular formula is C21H24F2O6. The van der Waals surface area contributed by atoms with Crippen molar-refractivity contribution in [3.8, 4) is 11.5 Å². The number of hydrogen-bond donors (Lipinski definition) is 4. The molecule has 1 fully saturated rings. The van der Waals surface area contributed by atoms with E-state index in [4.69, 9.17) is 9.47 Å². The van der Waals surface area contributed by atoms with Crippen LogP contribution in [0.15, 0.2) is 36.4 Å². The van der Waals surface area contributed by atoms with E-state index in [2.05, 4.69) is 0 Å². The molecule has 8 heteroatoms. The molecule has 0 saturated carbocycles. The van der Waals surface area contributed by atoms with Crippen LogP contribution < -0.4 is 4.74 Å². The molecule has 1 saturated heterocycles. The number of methoxy groups -OCH3 is 1. The number of aromatic hydroxyl groups is 1. The normalized spacial score (nSPS) is 26.3. The fourth-order valence-electron chi connectivity index (χ4n) is 3.49. The van der Waals surface area contributed by atoms with Crippen molar-refractivity contribution >= 4 is 0 Å². The number of aryl methyl sites for hydroxylation is 1. The monoisotopic (exact) mass is 410 g/mol. The largest absolute Gasteiger partial charge is 0.508 e. The molecule has 0 radical (unpaired) electrons. The standard InChI is InChI=1S/C21H24F2O6/c1-11-7-16(25)15(9-13(11)8-12-3-5-14(28-2)6-4-12)19-18(26)20(27)21(22,23)17(10-24)29-19/h3-7,9,17-20,24-27H,8,10H2,1-2H3/t17-,18+,19+,20-/m1/s1. The topological polar surface area (TPSA) is 99.4 Å². The van der Waals surface area contributed by atoms with Gasteiger partial charge in [0.2, 0.25) is 0 Å². The van der Waals surface area contributed by atoms with Crippen molar-refractivity contribution < 1.29 is 38.7 Å². The Labute approximate surface area is 167 Å². The van der Waals surface area contributed by atoms with Crippen molar-refractivity contribution in [3.05, 3.63) is 58.7 Å². The molecule has 0 spiro atoms. The summed E-state index contributed by atoms with van der Waals surface area (Å²) in [6.07, 6.45) is -7.36. The van der Waals surface area contributed by atoms with Crippen LogP contribution in [0.25, 0.3) is 0 Å². The number of alkyl halides is 2. The summed E-state index contributed by atoms with van der Waals surface area (Å²) in [5.41, 5.74) is 2.57. The van der Waals surface area contributed by atoms with Gasteiger partial charge in [0.15, 0.2) is 0 Å². The van der Waals surface area contributed by atoms with E-state index in [0.29, 0.717) is 12.2 Å². The summed E-state index contributed by atoms with van der Waals surface area (Å²) in [6.45, 7) is 0.749. The van der Waals surface area contributed by atoms with E-state index < -0.39 is 36.9 Å². The zero-order valence-electron chi connectivity index (χ0n) is 16.0. The summed E-state index contributed by atoms with van der Waals surface area (Å²) in [6, 6.07) is 10.4. The number of phenols is 1. The van der Waals surface area contributed by atoms with E-state index in [9.17, 15) is 29.2 Å². The van der Waals surface area contributed by atoms with Crippen LogP contribution in [0.3, 0.4) is 0 Å². The number of hydrogen-bond acceptors (Lipinski definition) is 6. The smallest absolute Gasteiger partial charge is 0.303 e. The van der Waals surface area contributed by atoms with Gasteiger partial charge in [-0.25, -0.2) is 8.78 Å². The number of halogens is 2. The lowest BCUT2D eigenvalue weighted by Crippen LogP contribution is -2.59. The van der Waals surface area contributed by atoms with Gasteiger partial charge in [0, 0.05) is 5.56 Å². The Kier molecular flexibility index (Phi) is 6.09. The Morgan fingerprint density at radius 1 is 1.14 bits per heavy atom. The Morgan fingerprint density at radius 2 is 1.79 bits per heavy atom. The number of ether oxygens (including phenoxy) is 2. The van der Waals surface area contributed by atoms with Gasteiger partial charge in [-0.15, -0.1) is 0 Å². The van der Waals surface area contributed by atoms with Crippen LogP contribution in [0.2, 0.25) is 0 Å². The number of aliphatic hydroxyl groups excluding tert-OH is 3. The molecule has 2 aromatic carbocycles. The fourth-order valence-corrected chi connectivity index (χ4v) is 3.49. The fraction of sp³-hybridized carbons (Fsp3) is 0.429. The minimum Gasteiger partial charge on any atom is -0.508 e. The summed E-state index contributed by atoms with van der Waals surface area (Å²) < 4.78 is 38.4. The maximum absolute atomic E-state index is 14.0. The average molecular weight is 410 g/mol. The van der Waals surface area contributed by atoms with Crippen LogP contribution >= 0.6 is 0 Å². The Morgan fingerprint density at radius 3 is 2.38 bits per heavy atom. The van der Waals surface area contributed by atoms with E-state index in [1.54, 1.807) is 20.1 Å². The van der Waals surface area contributed by atoms with Crippen molar-refractivity contribution in [1.29, 1.82) is 0 Å². The molecule has 6 nitrogen and oxygen atoms in total. The van der Waals surface area contributed by atoms with Crippen LogP contribution in [-0.2, 0) is 11.2 Å². The minimum atomic E-state index is -3.82. The number of rotatable bonds is 5. The van der Waals surface area contributed by atoms with Crippen LogP contribution in [0.4, 0.5) is 8.78 Å². The van der Waals surface area contributed by atoms with E-state index in [-0.39, 0.29) is 11.3 Å². The van der Waals surface area contributed by atoms with E-state index in [1.807, 2.05) is 24.3 Å². The summed E-state index contributed by atoms with van der Waals surface area (Å²) in [5.74, 6) is -3.36. The molecule has 0 amide bonds. The van der Waals surface area contributed by atoms with Crippen LogP contribution in [0.1, 0.15) is 28.4 Å². The summed E-state index contributed by atoms with van der Waals surface area (Å²) in [4.78, 5) is 0. The third-order valence-corrected chi connectivity index (χ3v) is 5.28. The van der Waals surface area contributed by atoms with E-state index in [1.165, 1.54) is 6.07 Å². The molecule has 2 aromatic rings. The van der Waals surface area contributed by atoms with Gasteiger partial charge in [0.05, 0.1) is 13.7 Å². The molecule has 1 aliphatic heterocycles. The highest BCUT2D eigenvalue weighted by Gasteiger charge is 2.57. The molecular weight excluding hydrogens is 386 g/mol. The lowest BCUT2D eigenvalue weighted by molar-refractivity contribution is -0.296. The Hall–Kier alpha value is -2.26. The van der Waals surface area contributed by atoms with Gasteiger partial charge >= 0.3 is 5.92 Å². The Bertz CT molecular complexity index is 851. The highest BCUT2D eigenvalue weighted by molar-refractivity contribution is 5.45. The molecule has 0 aromatic heterocycles. The van der Waals surface area contributed by atoms with Crippen molar-refractivity contribution in [2.24, 2.45) is 0 Å². The molecule has 0 aliphatic carbocycles. The van der Waals surface area contributed by atoms with Gasteiger partial charge < -0.3 is 29.9 Å². The van der Waals surface area contributed by atoms with Crippen molar-refractivity contribution in [3.63, 3.8) is 0 Å². The first kappa shape index (κ1) is 21.4. The summed E-state index contributed by atoms with van der Waals surface area (Å²) in [5, 5.41) is 39.7. The van der Waals surface area contributed by atoms with Crippen molar-refractivity contribution in [2.75, 3.05) is 13.7 Å². The second-order valence-corrected chi connectivity index (χ2v) is 7.20. The second kappa shape index (κ2) is 8.23. The first-order chi connectivity index (χ1) is 13.7. The first-order valence-corrected chi connectivity index (χ1v) is 9.14. The summed E-state index contributed by atoms with van der Waals surface area (Å²) >= 11 is 0. The minimum absolute atomic E-state index is 0.0691. The molecule has 0 unspecified atom stereocenters. The highest BCUT2D eigenvalue weighted by Crippen LogP contribution is 2.43. The molecule has 29 heavy (non-hydrogen) atoms. The van der Waals surface area contributed by atoms with Gasteiger partial charge in [-0.1, -0.05) is 12.1 Å². The van der Waals surface area contributed by atoms with E-state index >= 15 is 0 Å². The third kappa shape index (κ3) is 4.06.